The maximum Gasteiger partial charge on any atom is 0.274 e. The van der Waals surface area contributed by atoms with Crippen LogP contribution in [0.2, 0.25) is 0 Å². The Labute approximate surface area is 117 Å². The molecule has 0 atom stereocenters. The van der Waals surface area contributed by atoms with E-state index >= 15 is 0 Å². The first-order valence-electron chi connectivity index (χ1n) is 6.09. The second kappa shape index (κ2) is 5.64. The van der Waals surface area contributed by atoms with Gasteiger partial charge in [-0.15, -0.1) is 0 Å². The predicted molar refractivity (Wildman–Crippen MR) is 75.4 cm³/mol. The number of anilines is 1. The lowest BCUT2D eigenvalue weighted by Crippen LogP contribution is -2.16. The zero-order valence-corrected chi connectivity index (χ0v) is 11.9. The number of hydrogen-bond donors (Lipinski definition) is 1. The number of rotatable bonds is 4. The van der Waals surface area contributed by atoms with Gasteiger partial charge in [0, 0.05) is 13.1 Å². The Hall–Kier alpha value is -2.50. The van der Waals surface area contributed by atoms with E-state index in [2.05, 4.69) is 10.4 Å². The zero-order chi connectivity index (χ0) is 14.7. The van der Waals surface area contributed by atoms with Crippen molar-refractivity contribution in [3.05, 3.63) is 35.7 Å². The van der Waals surface area contributed by atoms with Crippen LogP contribution < -0.4 is 14.8 Å². The van der Waals surface area contributed by atoms with Crippen LogP contribution in [0.5, 0.6) is 11.5 Å². The van der Waals surface area contributed by atoms with E-state index in [1.807, 2.05) is 6.92 Å². The number of benzene rings is 1. The van der Waals surface area contributed by atoms with E-state index in [4.69, 9.17) is 9.47 Å². The summed E-state index contributed by atoms with van der Waals surface area (Å²) in [7, 11) is 4.84. The number of methoxy groups -OCH3 is 2. The number of nitrogens with zero attached hydrogens (tertiary/aromatic N) is 2. The van der Waals surface area contributed by atoms with E-state index < -0.39 is 0 Å². The second-order valence-electron chi connectivity index (χ2n) is 4.31. The van der Waals surface area contributed by atoms with Gasteiger partial charge in [0.2, 0.25) is 0 Å². The molecule has 0 fully saturated rings. The second-order valence-corrected chi connectivity index (χ2v) is 4.31. The zero-order valence-electron chi connectivity index (χ0n) is 11.9. The highest BCUT2D eigenvalue weighted by atomic mass is 16.5. The monoisotopic (exact) mass is 275 g/mol. The molecule has 1 amide bonds. The highest BCUT2D eigenvalue weighted by molar-refractivity contribution is 6.04. The molecule has 0 saturated heterocycles. The highest BCUT2D eigenvalue weighted by Crippen LogP contribution is 2.29. The molecule has 2 rings (SSSR count). The van der Waals surface area contributed by atoms with Gasteiger partial charge in [-0.3, -0.25) is 9.48 Å². The molecule has 0 saturated carbocycles. The van der Waals surface area contributed by atoms with E-state index in [1.165, 1.54) is 4.68 Å². The molecule has 0 radical (unpaired) electrons. The van der Waals surface area contributed by atoms with Crippen molar-refractivity contribution < 1.29 is 14.3 Å². The largest absolute Gasteiger partial charge is 0.497 e. The van der Waals surface area contributed by atoms with Gasteiger partial charge in [-0.1, -0.05) is 0 Å². The molecule has 0 aliphatic rings. The summed E-state index contributed by atoms with van der Waals surface area (Å²) in [5.74, 6) is 0.958. The number of amides is 1. The number of ether oxygens (including phenoxy) is 2. The summed E-state index contributed by atoms with van der Waals surface area (Å²) in [5.41, 5.74) is 1.82. The standard InChI is InChI=1S/C14H17N3O3/c1-9-7-12(17(2)16-9)14(18)15-11-8-10(19-3)5-6-13(11)20-4/h5-8H,1-4H3,(H,15,18). The van der Waals surface area contributed by atoms with Crippen molar-refractivity contribution in [2.75, 3.05) is 19.5 Å². The van der Waals surface area contributed by atoms with Crippen LogP contribution in [0.15, 0.2) is 24.3 Å². The van der Waals surface area contributed by atoms with Crippen molar-refractivity contribution in [1.29, 1.82) is 0 Å². The van der Waals surface area contributed by atoms with Gasteiger partial charge in [0.1, 0.15) is 17.2 Å². The van der Waals surface area contributed by atoms with E-state index in [-0.39, 0.29) is 5.91 Å². The first-order chi connectivity index (χ1) is 9.55. The van der Waals surface area contributed by atoms with Crippen LogP contribution in [0.25, 0.3) is 0 Å². The molecule has 0 aliphatic heterocycles. The van der Waals surface area contributed by atoms with Gasteiger partial charge in [-0.2, -0.15) is 5.10 Å². The van der Waals surface area contributed by atoms with Crippen LogP contribution in [0.3, 0.4) is 0 Å². The molecule has 20 heavy (non-hydrogen) atoms. The number of nitrogens with one attached hydrogen (secondary N) is 1. The van der Waals surface area contributed by atoms with Gasteiger partial charge >= 0.3 is 0 Å². The van der Waals surface area contributed by atoms with Gasteiger partial charge in [-0.05, 0) is 25.1 Å². The van der Waals surface area contributed by atoms with Gasteiger partial charge in [0.05, 0.1) is 25.6 Å². The number of hydrogen-bond acceptors (Lipinski definition) is 4. The van der Waals surface area contributed by atoms with Gasteiger partial charge in [-0.25, -0.2) is 0 Å². The Morgan fingerprint density at radius 2 is 2.00 bits per heavy atom. The quantitative estimate of drug-likeness (QED) is 0.926. The maximum absolute atomic E-state index is 12.2. The van der Waals surface area contributed by atoms with Crippen LogP contribution in [0.4, 0.5) is 5.69 Å². The Kier molecular flexibility index (Phi) is 3.93. The average Bonchev–Trinajstić information content (AvgIpc) is 2.77. The lowest BCUT2D eigenvalue weighted by atomic mass is 10.2. The van der Waals surface area contributed by atoms with Crippen molar-refractivity contribution in [3.63, 3.8) is 0 Å². The normalized spacial score (nSPS) is 10.2. The lowest BCUT2D eigenvalue weighted by molar-refractivity contribution is 0.101. The minimum Gasteiger partial charge on any atom is -0.497 e. The maximum atomic E-state index is 12.2. The topological polar surface area (TPSA) is 65.4 Å². The summed E-state index contributed by atoms with van der Waals surface area (Å²) in [6, 6.07) is 6.94. The number of carbonyl (C=O) groups excluding carboxylic acids is 1. The summed E-state index contributed by atoms with van der Waals surface area (Å²) < 4.78 is 11.9. The first-order valence-corrected chi connectivity index (χ1v) is 6.09. The molecular formula is C14H17N3O3. The fourth-order valence-electron chi connectivity index (χ4n) is 1.92. The molecule has 0 spiro atoms. The van der Waals surface area contributed by atoms with Crippen molar-refractivity contribution in [1.82, 2.24) is 9.78 Å². The molecule has 0 aliphatic carbocycles. The van der Waals surface area contributed by atoms with Crippen molar-refractivity contribution >= 4 is 11.6 Å². The molecule has 6 nitrogen and oxygen atoms in total. The Morgan fingerprint density at radius 1 is 1.25 bits per heavy atom. The Morgan fingerprint density at radius 3 is 2.55 bits per heavy atom. The van der Waals surface area contributed by atoms with Gasteiger partial charge in [0.25, 0.3) is 5.91 Å². The van der Waals surface area contributed by atoms with Gasteiger partial charge in [0.15, 0.2) is 0 Å². The molecule has 0 unspecified atom stereocenters. The molecule has 2 aromatic rings. The summed E-state index contributed by atoms with van der Waals surface area (Å²) in [4.78, 5) is 12.2. The summed E-state index contributed by atoms with van der Waals surface area (Å²) in [6.07, 6.45) is 0. The van der Waals surface area contributed by atoms with E-state index in [1.54, 1.807) is 45.5 Å². The average molecular weight is 275 g/mol. The predicted octanol–water partition coefficient (Wildman–Crippen LogP) is 2.00. The van der Waals surface area contributed by atoms with E-state index in [9.17, 15) is 4.79 Å². The smallest absolute Gasteiger partial charge is 0.274 e. The SMILES string of the molecule is COc1ccc(OC)c(NC(=O)c2cc(C)nn2C)c1. The molecule has 1 N–H and O–H groups in total. The number of aromatic nitrogens is 2. The third-order valence-corrected chi connectivity index (χ3v) is 2.89. The van der Waals surface area contributed by atoms with Crippen LogP contribution in [-0.4, -0.2) is 29.9 Å². The molecule has 1 heterocycles. The van der Waals surface area contributed by atoms with Crippen LogP contribution in [0.1, 0.15) is 16.2 Å². The lowest BCUT2D eigenvalue weighted by Gasteiger charge is -2.11. The number of aryl methyl sites for hydroxylation is 2. The Bertz CT molecular complexity index is 635. The summed E-state index contributed by atoms with van der Waals surface area (Å²) in [6.45, 7) is 1.84. The van der Waals surface area contributed by atoms with Gasteiger partial charge < -0.3 is 14.8 Å². The van der Waals surface area contributed by atoms with Crippen molar-refractivity contribution in [2.24, 2.45) is 7.05 Å². The van der Waals surface area contributed by atoms with Crippen LogP contribution >= 0.6 is 0 Å². The van der Waals surface area contributed by atoms with E-state index in [0.717, 1.165) is 5.69 Å². The van der Waals surface area contributed by atoms with Crippen molar-refractivity contribution in [3.8, 4) is 11.5 Å². The fraction of sp³-hybridized carbons (Fsp3) is 0.286. The minimum absolute atomic E-state index is 0.250. The molecular weight excluding hydrogens is 258 g/mol. The van der Waals surface area contributed by atoms with Crippen molar-refractivity contribution in [2.45, 2.75) is 6.92 Å². The third-order valence-electron chi connectivity index (χ3n) is 2.89. The number of carbonyl (C=O) groups is 1. The molecule has 1 aromatic heterocycles. The first kappa shape index (κ1) is 13.9. The molecule has 1 aromatic carbocycles. The molecule has 106 valence electrons. The van der Waals surface area contributed by atoms with E-state index in [0.29, 0.717) is 22.9 Å². The fourth-order valence-corrected chi connectivity index (χ4v) is 1.92. The Balaban J connectivity index is 2.29. The van der Waals surface area contributed by atoms with Crippen LogP contribution in [0, 0.1) is 6.92 Å². The summed E-state index contributed by atoms with van der Waals surface area (Å²) in [5, 5.41) is 6.95. The molecule has 0 bridgehead atoms. The highest BCUT2D eigenvalue weighted by Gasteiger charge is 2.14. The third kappa shape index (κ3) is 2.74. The van der Waals surface area contributed by atoms with Crippen LogP contribution in [-0.2, 0) is 7.05 Å². The minimum atomic E-state index is -0.250. The molecule has 6 heteroatoms. The summed E-state index contributed by atoms with van der Waals surface area (Å²) >= 11 is 0.